The van der Waals surface area contributed by atoms with Crippen molar-refractivity contribution in [1.82, 2.24) is 9.97 Å². The van der Waals surface area contributed by atoms with Crippen molar-refractivity contribution in [3.05, 3.63) is 42.1 Å². The second-order valence-corrected chi connectivity index (χ2v) is 7.21. The molecule has 1 aromatic heterocycles. The highest BCUT2D eigenvalue weighted by Crippen LogP contribution is 2.31. The maximum Gasteiger partial charge on any atom is 0.227 e. The first-order valence-electron chi connectivity index (χ1n) is 8.48. The fourth-order valence-corrected chi connectivity index (χ4v) is 3.05. The smallest absolute Gasteiger partial charge is 0.227 e. The fraction of sp³-hybridized carbons (Fsp3) is 0.474. The van der Waals surface area contributed by atoms with Crippen LogP contribution in [0.2, 0.25) is 0 Å². The lowest BCUT2D eigenvalue weighted by Gasteiger charge is -2.27. The summed E-state index contributed by atoms with van der Waals surface area (Å²) in [6, 6.07) is 10.4. The molecule has 1 aliphatic rings. The largest absolute Gasteiger partial charge is 0.341 e. The molecular weight excluding hydrogens is 284 g/mol. The Hall–Kier alpha value is -2.10. The predicted molar refractivity (Wildman–Crippen MR) is 96.5 cm³/mol. The molecule has 4 nitrogen and oxygen atoms in total. The first kappa shape index (κ1) is 15.8. The van der Waals surface area contributed by atoms with Gasteiger partial charge < -0.3 is 10.2 Å². The number of nitrogens with one attached hydrogen (secondary N) is 1. The Bertz CT molecular complexity index is 654. The van der Waals surface area contributed by atoms with Gasteiger partial charge in [0.1, 0.15) is 5.82 Å². The Morgan fingerprint density at radius 1 is 1.00 bits per heavy atom. The standard InChI is InChI=1S/C19H26N4/c1-19(2,3)15-9-5-6-10-16(15)21-17-11-12-20-18(22-17)23-13-7-4-8-14-23/h5-6,9-12H,4,7-8,13-14H2,1-3H3,(H,20,21,22). The average Bonchev–Trinajstić information content (AvgIpc) is 2.55. The molecule has 0 radical (unpaired) electrons. The third-order valence-corrected chi connectivity index (χ3v) is 4.28. The number of aromatic nitrogens is 2. The van der Waals surface area contributed by atoms with Crippen LogP contribution in [0.25, 0.3) is 0 Å². The van der Waals surface area contributed by atoms with Crippen LogP contribution in [-0.2, 0) is 5.41 Å². The van der Waals surface area contributed by atoms with E-state index in [9.17, 15) is 0 Å². The van der Waals surface area contributed by atoms with Gasteiger partial charge in [-0.1, -0.05) is 39.0 Å². The summed E-state index contributed by atoms with van der Waals surface area (Å²) in [6.45, 7) is 8.80. The molecule has 2 aromatic rings. The highest BCUT2D eigenvalue weighted by Gasteiger charge is 2.18. The third-order valence-electron chi connectivity index (χ3n) is 4.28. The average molecular weight is 310 g/mol. The van der Waals surface area contributed by atoms with Crippen LogP contribution < -0.4 is 10.2 Å². The summed E-state index contributed by atoms with van der Waals surface area (Å²) in [5, 5.41) is 3.48. The molecule has 1 saturated heterocycles. The van der Waals surface area contributed by atoms with Crippen molar-refractivity contribution < 1.29 is 0 Å². The molecule has 122 valence electrons. The first-order valence-corrected chi connectivity index (χ1v) is 8.48. The summed E-state index contributed by atoms with van der Waals surface area (Å²) in [7, 11) is 0. The van der Waals surface area contributed by atoms with Crippen molar-refractivity contribution in [3.8, 4) is 0 Å². The molecule has 0 atom stereocenters. The SMILES string of the molecule is CC(C)(C)c1ccccc1Nc1ccnc(N2CCCCC2)n1. The lowest BCUT2D eigenvalue weighted by Crippen LogP contribution is -2.31. The molecule has 1 aliphatic heterocycles. The molecule has 0 spiro atoms. The number of hydrogen-bond donors (Lipinski definition) is 1. The van der Waals surface area contributed by atoms with E-state index in [4.69, 9.17) is 4.98 Å². The molecule has 1 N–H and O–H groups in total. The number of rotatable bonds is 3. The number of benzene rings is 1. The quantitative estimate of drug-likeness (QED) is 0.905. The van der Waals surface area contributed by atoms with Crippen molar-refractivity contribution in [1.29, 1.82) is 0 Å². The molecule has 1 fully saturated rings. The minimum absolute atomic E-state index is 0.0896. The van der Waals surface area contributed by atoms with Crippen LogP contribution in [0.4, 0.5) is 17.5 Å². The topological polar surface area (TPSA) is 41.1 Å². The minimum Gasteiger partial charge on any atom is -0.341 e. The number of para-hydroxylation sites is 1. The van der Waals surface area contributed by atoms with E-state index >= 15 is 0 Å². The fourth-order valence-electron chi connectivity index (χ4n) is 3.05. The Kier molecular flexibility index (Phi) is 4.51. The van der Waals surface area contributed by atoms with Gasteiger partial charge in [-0.2, -0.15) is 4.98 Å². The lowest BCUT2D eigenvalue weighted by molar-refractivity contribution is 0.568. The van der Waals surface area contributed by atoms with E-state index in [1.165, 1.54) is 24.8 Å². The second-order valence-electron chi connectivity index (χ2n) is 7.21. The first-order chi connectivity index (χ1) is 11.0. The normalized spacial score (nSPS) is 15.5. The maximum atomic E-state index is 4.72. The van der Waals surface area contributed by atoms with Crippen LogP contribution in [0.5, 0.6) is 0 Å². The van der Waals surface area contributed by atoms with Crippen LogP contribution >= 0.6 is 0 Å². The number of piperidine rings is 1. The van der Waals surface area contributed by atoms with Gasteiger partial charge in [-0.05, 0) is 42.4 Å². The van der Waals surface area contributed by atoms with Gasteiger partial charge in [0.25, 0.3) is 0 Å². The highest BCUT2D eigenvalue weighted by molar-refractivity contribution is 5.62. The van der Waals surface area contributed by atoms with Crippen LogP contribution in [0.1, 0.15) is 45.6 Å². The Labute approximate surface area is 139 Å². The molecule has 2 heterocycles. The second kappa shape index (κ2) is 6.57. The van der Waals surface area contributed by atoms with E-state index in [-0.39, 0.29) is 5.41 Å². The van der Waals surface area contributed by atoms with Gasteiger partial charge in [0, 0.05) is 25.0 Å². The van der Waals surface area contributed by atoms with Crippen molar-refractivity contribution in [2.75, 3.05) is 23.3 Å². The molecule has 23 heavy (non-hydrogen) atoms. The molecule has 0 saturated carbocycles. The van der Waals surface area contributed by atoms with Crippen molar-refractivity contribution in [3.63, 3.8) is 0 Å². The van der Waals surface area contributed by atoms with E-state index in [0.29, 0.717) is 0 Å². The molecule has 1 aromatic carbocycles. The van der Waals surface area contributed by atoms with Gasteiger partial charge in [0.15, 0.2) is 0 Å². The monoisotopic (exact) mass is 310 g/mol. The number of hydrogen-bond acceptors (Lipinski definition) is 4. The molecular formula is C19H26N4. The van der Waals surface area contributed by atoms with Crippen LogP contribution in [-0.4, -0.2) is 23.1 Å². The molecule has 3 rings (SSSR count). The zero-order valence-corrected chi connectivity index (χ0v) is 14.3. The Balaban J connectivity index is 1.84. The lowest BCUT2D eigenvalue weighted by atomic mass is 9.86. The number of nitrogens with zero attached hydrogens (tertiary/aromatic N) is 3. The molecule has 0 bridgehead atoms. The highest BCUT2D eigenvalue weighted by atomic mass is 15.3. The maximum absolute atomic E-state index is 4.72. The zero-order chi connectivity index (χ0) is 16.3. The van der Waals surface area contributed by atoms with Gasteiger partial charge in [0.2, 0.25) is 5.95 Å². The molecule has 0 aliphatic carbocycles. The summed E-state index contributed by atoms with van der Waals surface area (Å²) in [4.78, 5) is 11.5. The Morgan fingerprint density at radius 2 is 1.74 bits per heavy atom. The minimum atomic E-state index is 0.0896. The van der Waals surface area contributed by atoms with Crippen molar-refractivity contribution in [2.45, 2.75) is 45.4 Å². The summed E-state index contributed by atoms with van der Waals surface area (Å²) in [5.74, 6) is 1.69. The van der Waals surface area contributed by atoms with Crippen molar-refractivity contribution in [2.24, 2.45) is 0 Å². The third kappa shape index (κ3) is 3.81. The van der Waals surface area contributed by atoms with E-state index in [0.717, 1.165) is 30.5 Å². The van der Waals surface area contributed by atoms with Crippen LogP contribution in [0, 0.1) is 0 Å². The van der Waals surface area contributed by atoms with E-state index in [1.807, 2.05) is 12.3 Å². The van der Waals surface area contributed by atoms with E-state index in [2.05, 4.69) is 60.2 Å². The zero-order valence-electron chi connectivity index (χ0n) is 14.3. The van der Waals surface area contributed by atoms with E-state index < -0.39 is 0 Å². The van der Waals surface area contributed by atoms with Crippen LogP contribution in [0.3, 0.4) is 0 Å². The van der Waals surface area contributed by atoms with E-state index in [1.54, 1.807) is 0 Å². The van der Waals surface area contributed by atoms with Crippen LogP contribution in [0.15, 0.2) is 36.5 Å². The van der Waals surface area contributed by atoms with Gasteiger partial charge in [0.05, 0.1) is 0 Å². The van der Waals surface area contributed by atoms with Gasteiger partial charge in [-0.15, -0.1) is 0 Å². The summed E-state index contributed by atoms with van der Waals surface area (Å²) < 4.78 is 0. The predicted octanol–water partition coefficient (Wildman–Crippen LogP) is 4.51. The van der Waals surface area contributed by atoms with Crippen molar-refractivity contribution >= 4 is 17.5 Å². The molecule has 0 unspecified atom stereocenters. The number of anilines is 3. The summed E-state index contributed by atoms with van der Waals surface area (Å²) in [6.07, 6.45) is 5.62. The van der Waals surface area contributed by atoms with Gasteiger partial charge in [-0.3, -0.25) is 0 Å². The summed E-state index contributed by atoms with van der Waals surface area (Å²) in [5.41, 5.74) is 2.49. The molecule has 4 heteroatoms. The van der Waals surface area contributed by atoms with Gasteiger partial charge >= 0.3 is 0 Å². The Morgan fingerprint density at radius 3 is 2.48 bits per heavy atom. The van der Waals surface area contributed by atoms with Gasteiger partial charge in [-0.25, -0.2) is 4.98 Å². The summed E-state index contributed by atoms with van der Waals surface area (Å²) >= 11 is 0. The molecule has 0 amide bonds.